The van der Waals surface area contributed by atoms with Gasteiger partial charge in [0.1, 0.15) is 5.69 Å². The predicted molar refractivity (Wildman–Crippen MR) is 87.0 cm³/mol. The Hall–Kier alpha value is -1.79. The highest BCUT2D eigenvalue weighted by Gasteiger charge is 2.16. The fraction of sp³-hybridized carbons (Fsp3) is 0.133. The lowest BCUT2D eigenvalue weighted by Crippen LogP contribution is -2.00. The molecule has 2 heterocycles. The van der Waals surface area contributed by atoms with Crippen LogP contribution in [0.2, 0.25) is 0 Å². The van der Waals surface area contributed by atoms with Crippen molar-refractivity contribution in [3.63, 3.8) is 0 Å². The van der Waals surface area contributed by atoms with Gasteiger partial charge >= 0.3 is 5.97 Å². The Morgan fingerprint density at radius 1 is 1.24 bits per heavy atom. The number of thiazole rings is 1. The molecule has 0 aliphatic rings. The summed E-state index contributed by atoms with van der Waals surface area (Å²) in [7, 11) is 0. The molecular weight excluding hydrogens is 352 g/mol. The first kappa shape index (κ1) is 14.2. The van der Waals surface area contributed by atoms with E-state index in [2.05, 4.69) is 25.9 Å². The lowest BCUT2D eigenvalue weighted by atomic mass is 10.1. The first-order valence-electron chi connectivity index (χ1n) is 6.23. The third-order valence-corrected chi connectivity index (χ3v) is 4.53. The molecule has 0 aliphatic carbocycles. The molecule has 0 radical (unpaired) electrons. The van der Waals surface area contributed by atoms with Gasteiger partial charge in [-0.25, -0.2) is 14.8 Å². The normalized spacial score (nSPS) is 11.0. The van der Waals surface area contributed by atoms with E-state index in [-0.39, 0.29) is 5.56 Å². The standard InChI is InChI=1S/C15H11BrN2O2S/c1-7-14(17-8(2)21-7)13-6-11(15(19)20)10-4-3-9(16)5-12(10)18-13/h3-6H,1-2H3,(H,19,20). The molecule has 0 saturated heterocycles. The van der Waals surface area contributed by atoms with E-state index in [4.69, 9.17) is 0 Å². The van der Waals surface area contributed by atoms with Crippen molar-refractivity contribution in [2.75, 3.05) is 0 Å². The molecule has 0 saturated carbocycles. The number of benzene rings is 1. The van der Waals surface area contributed by atoms with E-state index >= 15 is 0 Å². The van der Waals surface area contributed by atoms with Gasteiger partial charge in [0, 0.05) is 14.7 Å². The number of rotatable bonds is 2. The highest BCUT2D eigenvalue weighted by Crippen LogP contribution is 2.30. The van der Waals surface area contributed by atoms with Crippen LogP contribution < -0.4 is 0 Å². The molecule has 0 fully saturated rings. The number of fused-ring (bicyclic) bond motifs is 1. The van der Waals surface area contributed by atoms with Gasteiger partial charge in [-0.05, 0) is 32.0 Å². The number of pyridine rings is 1. The largest absolute Gasteiger partial charge is 0.478 e. The third kappa shape index (κ3) is 2.56. The van der Waals surface area contributed by atoms with Crippen LogP contribution in [0.1, 0.15) is 20.2 Å². The number of aromatic carboxylic acids is 1. The van der Waals surface area contributed by atoms with Gasteiger partial charge in [-0.1, -0.05) is 22.0 Å². The number of hydrogen-bond donors (Lipinski definition) is 1. The summed E-state index contributed by atoms with van der Waals surface area (Å²) in [6.07, 6.45) is 0. The minimum absolute atomic E-state index is 0.243. The van der Waals surface area contributed by atoms with Crippen molar-refractivity contribution in [2.45, 2.75) is 13.8 Å². The van der Waals surface area contributed by atoms with Crippen LogP contribution >= 0.6 is 27.3 Å². The lowest BCUT2D eigenvalue weighted by Gasteiger charge is -2.06. The molecule has 0 unspecified atom stereocenters. The smallest absolute Gasteiger partial charge is 0.336 e. The van der Waals surface area contributed by atoms with E-state index in [1.165, 1.54) is 0 Å². The Bertz CT molecular complexity index is 873. The van der Waals surface area contributed by atoms with Crippen molar-refractivity contribution in [3.8, 4) is 11.4 Å². The zero-order valence-corrected chi connectivity index (χ0v) is 13.7. The van der Waals surface area contributed by atoms with E-state index in [0.29, 0.717) is 16.6 Å². The highest BCUT2D eigenvalue weighted by molar-refractivity contribution is 9.10. The van der Waals surface area contributed by atoms with Crippen molar-refractivity contribution >= 4 is 44.1 Å². The molecule has 3 aromatic rings. The minimum Gasteiger partial charge on any atom is -0.478 e. The molecule has 4 nitrogen and oxygen atoms in total. The van der Waals surface area contributed by atoms with Gasteiger partial charge in [-0.15, -0.1) is 11.3 Å². The Morgan fingerprint density at radius 3 is 2.62 bits per heavy atom. The van der Waals surface area contributed by atoms with Gasteiger partial charge in [0.2, 0.25) is 0 Å². The molecule has 0 spiro atoms. The fourth-order valence-corrected chi connectivity index (χ4v) is 3.44. The number of carboxylic acids is 1. The van der Waals surface area contributed by atoms with Crippen LogP contribution in [0.15, 0.2) is 28.7 Å². The summed E-state index contributed by atoms with van der Waals surface area (Å²) in [5, 5.41) is 11.0. The summed E-state index contributed by atoms with van der Waals surface area (Å²) >= 11 is 4.97. The first-order valence-corrected chi connectivity index (χ1v) is 7.84. The molecule has 6 heteroatoms. The highest BCUT2D eigenvalue weighted by atomic mass is 79.9. The molecule has 0 bridgehead atoms. The van der Waals surface area contributed by atoms with Crippen LogP contribution in [0.4, 0.5) is 0 Å². The van der Waals surface area contributed by atoms with E-state index in [9.17, 15) is 9.90 Å². The van der Waals surface area contributed by atoms with Crippen molar-refractivity contribution in [3.05, 3.63) is 44.2 Å². The number of aryl methyl sites for hydroxylation is 2. The zero-order chi connectivity index (χ0) is 15.1. The summed E-state index contributed by atoms with van der Waals surface area (Å²) in [6, 6.07) is 6.99. The molecule has 1 N–H and O–H groups in total. The fourth-order valence-electron chi connectivity index (χ4n) is 2.27. The maximum absolute atomic E-state index is 11.5. The minimum atomic E-state index is -0.962. The van der Waals surface area contributed by atoms with Gasteiger partial charge in [0.15, 0.2) is 0 Å². The number of carbonyl (C=O) groups is 1. The van der Waals surface area contributed by atoms with Gasteiger partial charge in [-0.3, -0.25) is 0 Å². The maximum Gasteiger partial charge on any atom is 0.336 e. The van der Waals surface area contributed by atoms with Crippen LogP contribution in [0.5, 0.6) is 0 Å². The van der Waals surface area contributed by atoms with Crippen LogP contribution in [0.25, 0.3) is 22.3 Å². The second-order valence-corrected chi connectivity index (χ2v) is 6.98. The molecule has 0 atom stereocenters. The quantitative estimate of drug-likeness (QED) is 0.731. The van der Waals surface area contributed by atoms with Crippen molar-refractivity contribution < 1.29 is 9.90 Å². The number of nitrogens with zero attached hydrogens (tertiary/aromatic N) is 2. The van der Waals surface area contributed by atoms with E-state index < -0.39 is 5.97 Å². The van der Waals surface area contributed by atoms with Gasteiger partial charge in [0.25, 0.3) is 0 Å². The summed E-state index contributed by atoms with van der Waals surface area (Å²) < 4.78 is 0.863. The van der Waals surface area contributed by atoms with Crippen LogP contribution in [-0.2, 0) is 0 Å². The number of halogens is 1. The monoisotopic (exact) mass is 362 g/mol. The summed E-state index contributed by atoms with van der Waals surface area (Å²) in [4.78, 5) is 21.6. The summed E-state index contributed by atoms with van der Waals surface area (Å²) in [5.41, 5.74) is 2.23. The van der Waals surface area contributed by atoms with E-state index in [1.807, 2.05) is 26.0 Å². The average molecular weight is 363 g/mol. The second kappa shape index (κ2) is 5.20. The number of carboxylic acid groups (broad SMARTS) is 1. The van der Waals surface area contributed by atoms with Crippen LogP contribution in [0, 0.1) is 13.8 Å². The second-order valence-electron chi connectivity index (χ2n) is 4.66. The van der Waals surface area contributed by atoms with Gasteiger partial charge in [-0.2, -0.15) is 0 Å². The average Bonchev–Trinajstić information content (AvgIpc) is 2.75. The van der Waals surface area contributed by atoms with E-state index in [0.717, 1.165) is 20.1 Å². The van der Waals surface area contributed by atoms with E-state index in [1.54, 1.807) is 23.5 Å². The number of hydrogen-bond acceptors (Lipinski definition) is 4. The third-order valence-electron chi connectivity index (χ3n) is 3.15. The molecule has 21 heavy (non-hydrogen) atoms. The SMILES string of the molecule is Cc1nc(-c2cc(C(=O)O)c3ccc(Br)cc3n2)c(C)s1. The Kier molecular flexibility index (Phi) is 3.51. The Morgan fingerprint density at radius 2 is 2.00 bits per heavy atom. The molecule has 106 valence electrons. The first-order chi connectivity index (χ1) is 9.95. The van der Waals surface area contributed by atoms with Crippen LogP contribution in [0.3, 0.4) is 0 Å². The predicted octanol–water partition coefficient (Wildman–Crippen LogP) is 4.44. The summed E-state index contributed by atoms with van der Waals surface area (Å²) in [6.45, 7) is 3.89. The molecule has 1 aromatic carbocycles. The Labute approximate surface area is 133 Å². The van der Waals surface area contributed by atoms with Crippen LogP contribution in [-0.4, -0.2) is 21.0 Å². The molecule has 0 amide bonds. The zero-order valence-electron chi connectivity index (χ0n) is 11.3. The molecule has 3 rings (SSSR count). The maximum atomic E-state index is 11.5. The molecule has 0 aliphatic heterocycles. The number of aromatic nitrogens is 2. The molecular formula is C15H11BrN2O2S. The molecule has 2 aromatic heterocycles. The van der Waals surface area contributed by atoms with Gasteiger partial charge < -0.3 is 5.11 Å². The van der Waals surface area contributed by atoms with Crippen molar-refractivity contribution in [2.24, 2.45) is 0 Å². The van der Waals surface area contributed by atoms with Crippen molar-refractivity contribution in [1.29, 1.82) is 0 Å². The van der Waals surface area contributed by atoms with Gasteiger partial charge in [0.05, 0.1) is 21.8 Å². The lowest BCUT2D eigenvalue weighted by molar-refractivity contribution is 0.0699. The van der Waals surface area contributed by atoms with Crippen molar-refractivity contribution in [1.82, 2.24) is 9.97 Å². The summed E-state index contributed by atoms with van der Waals surface area (Å²) in [5.74, 6) is -0.962. The topological polar surface area (TPSA) is 63.1 Å². The Balaban J connectivity index is 2.34.